The molecule has 1 fully saturated rings. The van der Waals surface area contributed by atoms with E-state index in [4.69, 9.17) is 5.73 Å². The van der Waals surface area contributed by atoms with Gasteiger partial charge in [0.2, 0.25) is 0 Å². The van der Waals surface area contributed by atoms with Gasteiger partial charge in [-0.15, -0.1) is 0 Å². The van der Waals surface area contributed by atoms with E-state index in [-0.39, 0.29) is 17.8 Å². The molecule has 1 aliphatic rings. The number of hydrogen-bond acceptors (Lipinski definition) is 2. The second-order valence-electron chi connectivity index (χ2n) is 4.54. The van der Waals surface area contributed by atoms with Gasteiger partial charge in [-0.1, -0.05) is 0 Å². The van der Waals surface area contributed by atoms with E-state index < -0.39 is 18.6 Å². The van der Waals surface area contributed by atoms with E-state index in [2.05, 4.69) is 5.32 Å². The van der Waals surface area contributed by atoms with Gasteiger partial charge in [0.05, 0.1) is 0 Å². The van der Waals surface area contributed by atoms with E-state index in [1.165, 1.54) is 18.3 Å². The fraction of sp³-hybridized carbons (Fsp3) is 0.545. The van der Waals surface area contributed by atoms with Crippen molar-refractivity contribution in [3.8, 4) is 0 Å². The predicted molar refractivity (Wildman–Crippen MR) is 59.0 cm³/mol. The van der Waals surface area contributed by atoms with Crippen molar-refractivity contribution in [1.29, 1.82) is 0 Å². The highest BCUT2D eigenvalue weighted by Gasteiger charge is 2.31. The summed E-state index contributed by atoms with van der Waals surface area (Å²) in [4.78, 5) is 11.8. The Morgan fingerprint density at radius 1 is 1.50 bits per heavy atom. The third-order valence-corrected chi connectivity index (χ3v) is 2.92. The Kier molecular flexibility index (Phi) is 3.34. The van der Waals surface area contributed by atoms with Crippen LogP contribution in [0, 0.1) is 0 Å². The van der Waals surface area contributed by atoms with Crippen molar-refractivity contribution in [2.45, 2.75) is 37.6 Å². The Bertz CT molecular complexity index is 435. The highest BCUT2D eigenvalue weighted by molar-refractivity contribution is 5.93. The quantitative estimate of drug-likeness (QED) is 0.860. The monoisotopic (exact) mass is 261 g/mol. The minimum Gasteiger partial charge on any atom is -0.348 e. The van der Waals surface area contributed by atoms with Crippen molar-refractivity contribution in [3.63, 3.8) is 0 Å². The van der Waals surface area contributed by atoms with Crippen molar-refractivity contribution in [2.24, 2.45) is 5.73 Å². The molecule has 4 nitrogen and oxygen atoms in total. The normalized spacial score (nSPS) is 23.6. The lowest BCUT2D eigenvalue weighted by Gasteiger charge is -2.33. The molecule has 1 heterocycles. The van der Waals surface area contributed by atoms with Crippen molar-refractivity contribution in [2.75, 3.05) is 0 Å². The zero-order valence-corrected chi connectivity index (χ0v) is 9.57. The van der Waals surface area contributed by atoms with E-state index >= 15 is 0 Å². The number of carbonyl (C=O) groups is 1. The molecule has 18 heavy (non-hydrogen) atoms. The number of amides is 1. The summed E-state index contributed by atoms with van der Waals surface area (Å²) in [5.41, 5.74) is 5.59. The van der Waals surface area contributed by atoms with Gasteiger partial charge in [-0.3, -0.25) is 4.79 Å². The van der Waals surface area contributed by atoms with E-state index in [0.717, 1.165) is 4.57 Å². The van der Waals surface area contributed by atoms with Gasteiger partial charge in [0.25, 0.3) is 5.91 Å². The van der Waals surface area contributed by atoms with Crippen LogP contribution in [0.25, 0.3) is 0 Å². The molecule has 1 saturated carbocycles. The molecule has 0 radical (unpaired) electrons. The summed E-state index contributed by atoms with van der Waals surface area (Å²) >= 11 is 0. The van der Waals surface area contributed by atoms with E-state index in [0.29, 0.717) is 12.8 Å². The van der Waals surface area contributed by atoms with Gasteiger partial charge in [-0.05, 0) is 25.0 Å². The van der Waals surface area contributed by atoms with Crippen LogP contribution in [0.3, 0.4) is 0 Å². The van der Waals surface area contributed by atoms with Crippen LogP contribution >= 0.6 is 0 Å². The molecule has 1 aliphatic carbocycles. The number of nitrogens with two attached hydrogens (primary N) is 1. The first-order valence-electron chi connectivity index (χ1n) is 5.63. The molecule has 2 rings (SSSR count). The van der Waals surface area contributed by atoms with Crippen molar-refractivity contribution in [1.82, 2.24) is 9.88 Å². The lowest BCUT2D eigenvalue weighted by Crippen LogP contribution is -2.50. The molecule has 0 atom stereocenters. The Balaban J connectivity index is 2.00. The molecule has 1 aromatic rings. The predicted octanol–water partition coefficient (Wildman–Crippen LogP) is 1.27. The van der Waals surface area contributed by atoms with E-state index in [1.54, 1.807) is 0 Å². The van der Waals surface area contributed by atoms with Crippen LogP contribution in [0.1, 0.15) is 23.3 Å². The Morgan fingerprint density at radius 2 is 2.17 bits per heavy atom. The minimum absolute atomic E-state index is 0.0211. The maximum absolute atomic E-state index is 12.3. The van der Waals surface area contributed by atoms with Gasteiger partial charge in [0.1, 0.15) is 12.2 Å². The van der Waals surface area contributed by atoms with Crippen molar-refractivity contribution in [3.05, 3.63) is 24.0 Å². The molecule has 0 unspecified atom stereocenters. The topological polar surface area (TPSA) is 60.0 Å². The molecule has 100 valence electrons. The standard InChI is InChI=1S/C11H14F3N3O/c12-11(13,14)6-17-3-1-2-9(17)10(18)16-8-4-7(15)5-8/h1-3,7-8H,4-6,15H2,(H,16,18). The van der Waals surface area contributed by atoms with Gasteiger partial charge >= 0.3 is 6.18 Å². The molecule has 1 aromatic heterocycles. The molecule has 0 aliphatic heterocycles. The fourth-order valence-electron chi connectivity index (χ4n) is 1.99. The summed E-state index contributed by atoms with van der Waals surface area (Å²) in [5, 5.41) is 2.67. The number of hydrogen-bond donors (Lipinski definition) is 2. The van der Waals surface area contributed by atoms with Crippen LogP contribution in [-0.2, 0) is 6.54 Å². The number of nitrogens with zero attached hydrogens (tertiary/aromatic N) is 1. The summed E-state index contributed by atoms with van der Waals surface area (Å²) in [6.07, 6.45) is -1.75. The van der Waals surface area contributed by atoms with Gasteiger partial charge in [-0.2, -0.15) is 13.2 Å². The van der Waals surface area contributed by atoms with E-state index in [9.17, 15) is 18.0 Å². The second kappa shape index (κ2) is 4.64. The molecule has 0 bridgehead atoms. The number of alkyl halides is 3. The number of nitrogens with one attached hydrogen (secondary N) is 1. The van der Waals surface area contributed by atoms with Crippen molar-refractivity contribution >= 4 is 5.91 Å². The molecule has 7 heteroatoms. The number of halogens is 3. The first kappa shape index (κ1) is 12.9. The molecule has 0 saturated heterocycles. The molecule has 0 spiro atoms. The maximum atomic E-state index is 12.3. The van der Waals surface area contributed by atoms with Gasteiger partial charge in [0.15, 0.2) is 0 Å². The smallest absolute Gasteiger partial charge is 0.348 e. The lowest BCUT2D eigenvalue weighted by atomic mass is 9.87. The van der Waals surface area contributed by atoms with E-state index in [1.807, 2.05) is 0 Å². The third kappa shape index (κ3) is 3.04. The Morgan fingerprint density at radius 3 is 2.72 bits per heavy atom. The van der Waals surface area contributed by atoms with Crippen LogP contribution < -0.4 is 11.1 Å². The van der Waals surface area contributed by atoms with Crippen LogP contribution in [0.5, 0.6) is 0 Å². The summed E-state index contributed by atoms with van der Waals surface area (Å²) in [6, 6.07) is 2.85. The largest absolute Gasteiger partial charge is 0.406 e. The zero-order valence-electron chi connectivity index (χ0n) is 9.57. The molecule has 1 amide bonds. The second-order valence-corrected chi connectivity index (χ2v) is 4.54. The van der Waals surface area contributed by atoms with Gasteiger partial charge in [0, 0.05) is 18.3 Å². The van der Waals surface area contributed by atoms with Crippen molar-refractivity contribution < 1.29 is 18.0 Å². The lowest BCUT2D eigenvalue weighted by molar-refractivity contribution is -0.140. The molecular weight excluding hydrogens is 247 g/mol. The highest BCUT2D eigenvalue weighted by Crippen LogP contribution is 2.20. The SMILES string of the molecule is NC1CC(NC(=O)c2cccn2CC(F)(F)F)C1. The van der Waals surface area contributed by atoms with Gasteiger partial charge in [-0.25, -0.2) is 0 Å². The van der Waals surface area contributed by atoms with Gasteiger partial charge < -0.3 is 15.6 Å². The number of aromatic nitrogens is 1. The summed E-state index contributed by atoms with van der Waals surface area (Å²) in [6.45, 7) is -1.16. The minimum atomic E-state index is -4.34. The van der Waals surface area contributed by atoms with Crippen LogP contribution in [0.4, 0.5) is 13.2 Å². The third-order valence-electron chi connectivity index (χ3n) is 2.92. The first-order chi connectivity index (χ1) is 8.35. The average molecular weight is 261 g/mol. The Labute approximate surface area is 102 Å². The van der Waals surface area contributed by atoms with Crippen LogP contribution in [0.15, 0.2) is 18.3 Å². The summed E-state index contributed by atoms with van der Waals surface area (Å²) in [5.74, 6) is -0.485. The average Bonchev–Trinajstić information content (AvgIpc) is 2.60. The fourth-order valence-corrected chi connectivity index (χ4v) is 1.99. The molecule has 0 aromatic carbocycles. The first-order valence-corrected chi connectivity index (χ1v) is 5.63. The molecule has 3 N–H and O–H groups in total. The summed E-state index contributed by atoms with van der Waals surface area (Å²) in [7, 11) is 0. The maximum Gasteiger partial charge on any atom is 0.406 e. The highest BCUT2D eigenvalue weighted by atomic mass is 19.4. The number of carbonyl (C=O) groups excluding carboxylic acids is 1. The zero-order chi connectivity index (χ0) is 13.3. The summed E-state index contributed by atoms with van der Waals surface area (Å²) < 4.78 is 37.7. The number of rotatable bonds is 3. The van der Waals surface area contributed by atoms with Crippen LogP contribution in [0.2, 0.25) is 0 Å². The molecular formula is C11H14F3N3O. The Hall–Kier alpha value is -1.50. The van der Waals surface area contributed by atoms with Crippen LogP contribution in [-0.4, -0.2) is 28.7 Å².